The van der Waals surface area contributed by atoms with Crippen molar-refractivity contribution in [2.24, 2.45) is 11.8 Å². The van der Waals surface area contributed by atoms with Crippen LogP contribution in [0.25, 0.3) is 11.1 Å². The molecule has 3 aromatic rings. The number of carbonyl (C=O) groups is 2. The lowest BCUT2D eigenvalue weighted by Gasteiger charge is -2.22. The summed E-state index contributed by atoms with van der Waals surface area (Å²) in [4.78, 5) is 23.2. The second kappa shape index (κ2) is 21.6. The molecule has 0 heterocycles. The molecule has 6 nitrogen and oxygen atoms in total. The van der Waals surface area contributed by atoms with E-state index in [2.05, 4.69) is 39.4 Å². The van der Waals surface area contributed by atoms with E-state index < -0.39 is 6.11 Å². The van der Waals surface area contributed by atoms with Gasteiger partial charge in [-0.15, -0.1) is 0 Å². The quantitative estimate of drug-likeness (QED) is 0.175. The Morgan fingerprint density at radius 2 is 1.10 bits per heavy atom. The molecule has 0 radical (unpaired) electrons. The summed E-state index contributed by atoms with van der Waals surface area (Å²) in [6.45, 7) is 18.0. The third-order valence-electron chi connectivity index (χ3n) is 8.92. The van der Waals surface area contributed by atoms with Gasteiger partial charge >= 0.3 is 6.11 Å². The van der Waals surface area contributed by atoms with Crippen molar-refractivity contribution in [3.8, 4) is 39.9 Å². The molecule has 52 heavy (non-hydrogen) atoms. The Balaban J connectivity index is 0.000000554. The number of Topliss-reactive ketones (excluding diaryl/α,β-unsaturated/α-hetero) is 2. The maximum absolute atomic E-state index is 13.1. The number of hydrogen-bond acceptors (Lipinski definition) is 6. The molecule has 0 N–H and O–H groups in total. The topological polar surface area (TPSA) is 71.1 Å². The molecule has 0 bridgehead atoms. The van der Waals surface area contributed by atoms with Gasteiger partial charge in [-0.1, -0.05) is 124 Å². The van der Waals surface area contributed by atoms with E-state index >= 15 is 0 Å². The SMILES string of the molecule is CC.CC(=O)COc1cc(-c2ccc(OC(C)(F)F)cc2)ccc1Oc1ccc(C(C)(C)C)cc1OCC(C)=O.CCC1CCC1.CCC1CCC1. The molecule has 2 aliphatic rings. The summed E-state index contributed by atoms with van der Waals surface area (Å²) in [5.74, 6) is 3.36. The number of hydrogen-bond donors (Lipinski definition) is 0. The summed E-state index contributed by atoms with van der Waals surface area (Å²) in [5.41, 5.74) is 2.27. The van der Waals surface area contributed by atoms with Crippen LogP contribution in [0.4, 0.5) is 8.78 Å². The molecule has 5 rings (SSSR count). The van der Waals surface area contributed by atoms with Gasteiger partial charge in [0.15, 0.2) is 34.6 Å². The fourth-order valence-electron chi connectivity index (χ4n) is 5.26. The van der Waals surface area contributed by atoms with Crippen molar-refractivity contribution >= 4 is 11.6 Å². The van der Waals surface area contributed by atoms with Crippen LogP contribution in [0.1, 0.15) is 126 Å². The van der Waals surface area contributed by atoms with Gasteiger partial charge in [0.25, 0.3) is 0 Å². The minimum absolute atomic E-state index is 0.0334. The highest BCUT2D eigenvalue weighted by Crippen LogP contribution is 2.41. The number of carbonyl (C=O) groups excluding carboxylic acids is 2. The van der Waals surface area contributed by atoms with Crippen molar-refractivity contribution in [2.75, 3.05) is 13.2 Å². The Bertz CT molecular complexity index is 1490. The molecule has 0 atom stereocenters. The Morgan fingerprint density at radius 1 is 0.654 bits per heavy atom. The zero-order chi connectivity index (χ0) is 38.9. The van der Waals surface area contributed by atoms with Crippen LogP contribution in [0.3, 0.4) is 0 Å². The summed E-state index contributed by atoms with van der Waals surface area (Å²) in [6, 6.07) is 16.9. The monoisotopic (exact) mass is 724 g/mol. The van der Waals surface area contributed by atoms with E-state index in [1.165, 1.54) is 77.3 Å². The molecule has 288 valence electrons. The molecule has 0 aliphatic heterocycles. The number of alkyl halides is 2. The lowest BCUT2D eigenvalue weighted by atomic mass is 9.84. The summed E-state index contributed by atoms with van der Waals surface area (Å²) >= 11 is 0. The molecule has 0 unspecified atom stereocenters. The Hall–Kier alpha value is -3.94. The van der Waals surface area contributed by atoms with Crippen LogP contribution in [-0.4, -0.2) is 30.9 Å². The molecular weight excluding hydrogens is 662 g/mol. The van der Waals surface area contributed by atoms with Crippen LogP contribution in [0.2, 0.25) is 0 Å². The fourth-order valence-corrected chi connectivity index (χ4v) is 5.26. The van der Waals surface area contributed by atoms with E-state index in [-0.39, 0.29) is 35.9 Å². The predicted octanol–water partition coefficient (Wildman–Crippen LogP) is 12.8. The second-order valence-corrected chi connectivity index (χ2v) is 14.5. The number of rotatable bonds is 13. The van der Waals surface area contributed by atoms with Gasteiger partial charge in [-0.3, -0.25) is 9.59 Å². The molecule has 0 saturated heterocycles. The Kier molecular flexibility index (Phi) is 18.3. The van der Waals surface area contributed by atoms with Crippen molar-refractivity contribution in [1.82, 2.24) is 0 Å². The lowest BCUT2D eigenvalue weighted by Crippen LogP contribution is -2.18. The van der Waals surface area contributed by atoms with E-state index in [0.29, 0.717) is 35.5 Å². The van der Waals surface area contributed by atoms with Gasteiger partial charge in [0.1, 0.15) is 19.0 Å². The average Bonchev–Trinajstić information content (AvgIpc) is 3.03. The van der Waals surface area contributed by atoms with Crippen molar-refractivity contribution in [3.05, 3.63) is 66.2 Å². The van der Waals surface area contributed by atoms with Crippen LogP contribution >= 0.6 is 0 Å². The van der Waals surface area contributed by atoms with Gasteiger partial charge < -0.3 is 18.9 Å². The molecule has 2 saturated carbocycles. The summed E-state index contributed by atoms with van der Waals surface area (Å²) in [5, 5.41) is 0. The predicted molar refractivity (Wildman–Crippen MR) is 207 cm³/mol. The highest BCUT2D eigenvalue weighted by atomic mass is 19.3. The van der Waals surface area contributed by atoms with Crippen molar-refractivity contribution < 1.29 is 37.3 Å². The minimum Gasteiger partial charge on any atom is -0.482 e. The molecule has 8 heteroatoms. The molecule has 0 spiro atoms. The maximum atomic E-state index is 13.1. The summed E-state index contributed by atoms with van der Waals surface area (Å²) in [7, 11) is 0. The minimum atomic E-state index is -3.29. The van der Waals surface area contributed by atoms with Gasteiger partial charge in [-0.25, -0.2) is 0 Å². The summed E-state index contributed by atoms with van der Waals surface area (Å²) in [6.07, 6.45) is 8.59. The highest BCUT2D eigenvalue weighted by Gasteiger charge is 2.23. The fraction of sp³-hybridized carbons (Fsp3) is 0.545. The van der Waals surface area contributed by atoms with Gasteiger partial charge in [-0.2, -0.15) is 8.78 Å². The molecular formula is C44H62F2O6. The van der Waals surface area contributed by atoms with Crippen molar-refractivity contribution in [2.45, 2.75) is 132 Å². The standard InChI is InChI=1S/C30H32F2O6.2C6H12.C2H6/c1-19(33)17-35-27-15-22(21-7-11-24(12-8-21)38-30(6,31)32)9-13-25(27)37-26-14-10-23(29(3,4)5)16-28(26)36-18-20(2)34;2*1-2-6-4-3-5-6;1-2/h7-16H,17-18H2,1-6H3;2*6H,2-5H2,1H3;1-2H3. The average molecular weight is 725 g/mol. The molecule has 0 aromatic heterocycles. The number of ether oxygens (including phenoxy) is 4. The van der Waals surface area contributed by atoms with E-state index in [0.717, 1.165) is 23.0 Å². The maximum Gasteiger partial charge on any atom is 0.394 e. The van der Waals surface area contributed by atoms with Gasteiger partial charge in [0, 0.05) is 6.92 Å². The Labute approximate surface area is 311 Å². The zero-order valence-corrected chi connectivity index (χ0v) is 33.2. The Morgan fingerprint density at radius 3 is 1.46 bits per heavy atom. The first-order valence-electron chi connectivity index (χ1n) is 19.0. The number of ketones is 2. The van der Waals surface area contributed by atoms with Crippen LogP contribution in [0.15, 0.2) is 60.7 Å². The molecule has 2 fully saturated rings. The smallest absolute Gasteiger partial charge is 0.394 e. The highest BCUT2D eigenvalue weighted by molar-refractivity contribution is 5.78. The van der Waals surface area contributed by atoms with Crippen LogP contribution < -0.4 is 18.9 Å². The lowest BCUT2D eigenvalue weighted by molar-refractivity contribution is -0.159. The zero-order valence-electron chi connectivity index (χ0n) is 33.2. The number of benzene rings is 3. The normalized spacial score (nSPS) is 14.0. The van der Waals surface area contributed by atoms with Gasteiger partial charge in [0.05, 0.1) is 0 Å². The van der Waals surface area contributed by atoms with E-state index in [1.54, 1.807) is 36.4 Å². The molecule has 2 aliphatic carbocycles. The van der Waals surface area contributed by atoms with Crippen molar-refractivity contribution in [1.29, 1.82) is 0 Å². The third-order valence-corrected chi connectivity index (χ3v) is 8.92. The van der Waals surface area contributed by atoms with Crippen LogP contribution in [0.5, 0.6) is 28.7 Å². The van der Waals surface area contributed by atoms with Crippen LogP contribution in [0, 0.1) is 11.8 Å². The largest absolute Gasteiger partial charge is 0.482 e. The van der Waals surface area contributed by atoms with Gasteiger partial charge in [0.2, 0.25) is 0 Å². The molecule has 0 amide bonds. The van der Waals surface area contributed by atoms with Crippen LogP contribution in [-0.2, 0) is 15.0 Å². The van der Waals surface area contributed by atoms with Crippen molar-refractivity contribution in [3.63, 3.8) is 0 Å². The molecule has 3 aromatic carbocycles. The first kappa shape index (κ1) is 44.2. The summed E-state index contributed by atoms with van der Waals surface area (Å²) < 4.78 is 48.5. The van der Waals surface area contributed by atoms with E-state index in [1.807, 2.05) is 26.0 Å². The first-order valence-corrected chi connectivity index (χ1v) is 19.0. The first-order chi connectivity index (χ1) is 24.6. The number of halogens is 2. The second-order valence-electron chi connectivity index (χ2n) is 14.5. The van der Waals surface area contributed by atoms with Gasteiger partial charge in [-0.05, 0) is 84.2 Å². The third kappa shape index (κ3) is 15.7. The van der Waals surface area contributed by atoms with E-state index in [9.17, 15) is 18.4 Å². The van der Waals surface area contributed by atoms with E-state index in [4.69, 9.17) is 14.2 Å².